The number of nitrogens with zero attached hydrogens (tertiary/aromatic N) is 2. The van der Waals surface area contributed by atoms with Crippen molar-refractivity contribution in [2.75, 3.05) is 23.7 Å². The van der Waals surface area contributed by atoms with E-state index in [1.807, 2.05) is 13.8 Å². The maximum Gasteiger partial charge on any atom is 0.433 e. The summed E-state index contributed by atoms with van der Waals surface area (Å²) in [6.45, 7) is 5.21. The molecule has 1 aliphatic heterocycles. The third-order valence-electron chi connectivity index (χ3n) is 3.18. The molecule has 8 heteroatoms. The molecule has 1 saturated heterocycles. The van der Waals surface area contributed by atoms with Gasteiger partial charge in [0, 0.05) is 23.6 Å². The second kappa shape index (κ2) is 5.40. The lowest BCUT2D eigenvalue weighted by Crippen LogP contribution is -2.44. The van der Waals surface area contributed by atoms with Crippen molar-refractivity contribution in [1.82, 2.24) is 4.98 Å². The third kappa shape index (κ3) is 3.61. The van der Waals surface area contributed by atoms with E-state index in [1.165, 1.54) is 6.07 Å². The minimum atomic E-state index is -4.51. The summed E-state index contributed by atoms with van der Waals surface area (Å²) in [6.07, 6.45) is -4.51. The Morgan fingerprint density at radius 1 is 1.43 bits per heavy atom. The van der Waals surface area contributed by atoms with Crippen molar-refractivity contribution in [1.29, 1.82) is 5.41 Å². The van der Waals surface area contributed by atoms with E-state index in [9.17, 15) is 13.2 Å². The van der Waals surface area contributed by atoms with Gasteiger partial charge in [0.2, 0.25) is 0 Å². The van der Waals surface area contributed by atoms with Crippen molar-refractivity contribution in [3.8, 4) is 0 Å². The van der Waals surface area contributed by atoms with Gasteiger partial charge in [0.15, 0.2) is 0 Å². The smallest absolute Gasteiger partial charge is 0.384 e. The zero-order valence-corrected chi connectivity index (χ0v) is 12.6. The number of pyridine rings is 1. The lowest BCUT2D eigenvalue weighted by Gasteiger charge is -2.39. The predicted octanol–water partition coefficient (Wildman–Crippen LogP) is 2.72. The Labute approximate surface area is 125 Å². The van der Waals surface area contributed by atoms with Crippen LogP contribution in [0, 0.1) is 5.41 Å². The molecule has 0 unspecified atom stereocenters. The van der Waals surface area contributed by atoms with Crippen molar-refractivity contribution in [3.05, 3.63) is 23.4 Å². The Kier molecular flexibility index (Phi) is 4.10. The third-order valence-corrected chi connectivity index (χ3v) is 4.48. The number of nitrogens with two attached hydrogens (primary N) is 1. The van der Waals surface area contributed by atoms with Gasteiger partial charge in [-0.05, 0) is 26.0 Å². The highest BCUT2D eigenvalue weighted by molar-refractivity contribution is 8.00. The van der Waals surface area contributed by atoms with Crippen LogP contribution in [-0.4, -0.2) is 34.4 Å². The van der Waals surface area contributed by atoms with Gasteiger partial charge in [-0.25, -0.2) is 4.98 Å². The summed E-state index contributed by atoms with van der Waals surface area (Å²) < 4.78 is 38.5. The van der Waals surface area contributed by atoms with E-state index in [-0.39, 0.29) is 22.0 Å². The monoisotopic (exact) mass is 318 g/mol. The fourth-order valence-corrected chi connectivity index (χ4v) is 3.37. The van der Waals surface area contributed by atoms with Gasteiger partial charge in [-0.3, -0.25) is 5.41 Å². The molecule has 1 aromatic rings. The minimum absolute atomic E-state index is 0.0811. The van der Waals surface area contributed by atoms with Crippen LogP contribution in [0.2, 0.25) is 0 Å². The Morgan fingerprint density at radius 3 is 2.62 bits per heavy atom. The summed E-state index contributed by atoms with van der Waals surface area (Å²) in [5.74, 6) is 0.662. The summed E-state index contributed by atoms with van der Waals surface area (Å²) in [5, 5.41) is 7.54. The molecule has 1 fully saturated rings. The van der Waals surface area contributed by atoms with Gasteiger partial charge < -0.3 is 10.6 Å². The van der Waals surface area contributed by atoms with Gasteiger partial charge in [0.05, 0.1) is 5.56 Å². The number of amidine groups is 1. The zero-order chi connectivity index (χ0) is 15.8. The first-order valence-corrected chi connectivity index (χ1v) is 7.40. The van der Waals surface area contributed by atoms with E-state index in [0.29, 0.717) is 13.1 Å². The van der Waals surface area contributed by atoms with Gasteiger partial charge in [0.1, 0.15) is 17.3 Å². The molecular formula is C13H17F3N4S. The van der Waals surface area contributed by atoms with Crippen LogP contribution in [0.1, 0.15) is 25.1 Å². The van der Waals surface area contributed by atoms with Gasteiger partial charge in [-0.1, -0.05) is 0 Å². The van der Waals surface area contributed by atoms with E-state index in [0.717, 1.165) is 11.8 Å². The van der Waals surface area contributed by atoms with Crippen LogP contribution in [0.3, 0.4) is 0 Å². The van der Waals surface area contributed by atoms with Crippen LogP contribution in [0.15, 0.2) is 12.1 Å². The van der Waals surface area contributed by atoms with Gasteiger partial charge >= 0.3 is 6.18 Å². The normalized spacial score (nSPS) is 18.6. The molecule has 2 heterocycles. The molecule has 2 rings (SSSR count). The van der Waals surface area contributed by atoms with Gasteiger partial charge in [-0.15, -0.1) is 0 Å². The molecule has 21 heavy (non-hydrogen) atoms. The summed E-state index contributed by atoms with van der Waals surface area (Å²) in [6, 6.07) is 2.09. The number of aromatic nitrogens is 1. The van der Waals surface area contributed by atoms with E-state index in [1.54, 1.807) is 16.7 Å². The van der Waals surface area contributed by atoms with Crippen LogP contribution < -0.4 is 10.6 Å². The predicted molar refractivity (Wildman–Crippen MR) is 79.0 cm³/mol. The Morgan fingerprint density at radius 2 is 2.10 bits per heavy atom. The van der Waals surface area contributed by atoms with Crippen molar-refractivity contribution in [3.63, 3.8) is 0 Å². The highest BCUT2D eigenvalue weighted by Gasteiger charge is 2.35. The summed E-state index contributed by atoms with van der Waals surface area (Å²) in [5.41, 5.74) is 4.76. The van der Waals surface area contributed by atoms with Crippen LogP contribution >= 0.6 is 11.8 Å². The average molecular weight is 318 g/mol. The lowest BCUT2D eigenvalue weighted by molar-refractivity contribution is -0.141. The molecule has 4 nitrogen and oxygen atoms in total. The highest BCUT2D eigenvalue weighted by Crippen LogP contribution is 2.35. The fourth-order valence-electron chi connectivity index (χ4n) is 2.25. The number of rotatable bonds is 2. The molecule has 0 saturated carbocycles. The van der Waals surface area contributed by atoms with E-state index in [4.69, 9.17) is 11.1 Å². The van der Waals surface area contributed by atoms with Crippen LogP contribution in [0.25, 0.3) is 0 Å². The second-order valence-corrected chi connectivity index (χ2v) is 7.31. The number of anilines is 1. The molecule has 0 atom stereocenters. The van der Waals surface area contributed by atoms with E-state index >= 15 is 0 Å². The highest BCUT2D eigenvalue weighted by atomic mass is 32.2. The molecular weight excluding hydrogens is 301 g/mol. The molecule has 0 spiro atoms. The molecule has 0 aromatic carbocycles. The summed E-state index contributed by atoms with van der Waals surface area (Å²) >= 11 is 1.77. The quantitative estimate of drug-likeness (QED) is 0.650. The van der Waals surface area contributed by atoms with E-state index < -0.39 is 11.9 Å². The van der Waals surface area contributed by atoms with Crippen molar-refractivity contribution in [2.24, 2.45) is 5.73 Å². The van der Waals surface area contributed by atoms with E-state index in [2.05, 4.69) is 4.98 Å². The number of alkyl halides is 3. The largest absolute Gasteiger partial charge is 0.433 e. The van der Waals surface area contributed by atoms with Gasteiger partial charge in [-0.2, -0.15) is 24.9 Å². The Bertz CT molecular complexity index is 557. The second-order valence-electron chi connectivity index (χ2n) is 5.51. The molecule has 116 valence electrons. The number of nitrogens with one attached hydrogen (secondary N) is 1. The van der Waals surface area contributed by atoms with Crippen LogP contribution in [-0.2, 0) is 6.18 Å². The first-order chi connectivity index (χ1) is 9.60. The number of hydrogen-bond donors (Lipinski definition) is 2. The molecule has 3 N–H and O–H groups in total. The van der Waals surface area contributed by atoms with Crippen molar-refractivity contribution >= 4 is 23.4 Å². The standard InChI is InChI=1S/C13H17F3N4S/c1-12(2)7-20(5-6-21-12)11-8(10(17)18)3-4-9(19-11)13(14,15)16/h3-4H,5-7H2,1-2H3,(H3,17,18). The first kappa shape index (κ1) is 15.9. The maximum atomic E-state index is 12.8. The topological polar surface area (TPSA) is 66.0 Å². The van der Waals surface area contributed by atoms with Crippen LogP contribution in [0.4, 0.5) is 19.0 Å². The van der Waals surface area contributed by atoms with Gasteiger partial charge in [0.25, 0.3) is 0 Å². The number of halogens is 3. The van der Waals surface area contributed by atoms with Crippen LogP contribution in [0.5, 0.6) is 0 Å². The molecule has 0 bridgehead atoms. The minimum Gasteiger partial charge on any atom is -0.384 e. The molecule has 0 amide bonds. The molecule has 1 aliphatic rings. The number of thioether (sulfide) groups is 1. The van der Waals surface area contributed by atoms with Crippen molar-refractivity contribution < 1.29 is 13.2 Å². The SMILES string of the molecule is CC1(C)CN(c2nc(C(F)(F)F)ccc2C(=N)N)CCS1. The zero-order valence-electron chi connectivity index (χ0n) is 11.8. The summed E-state index contributed by atoms with van der Waals surface area (Å²) in [7, 11) is 0. The maximum absolute atomic E-state index is 12.8. The Balaban J connectivity index is 2.46. The molecule has 0 radical (unpaired) electrons. The summed E-state index contributed by atoms with van der Waals surface area (Å²) in [4.78, 5) is 5.51. The Hall–Kier alpha value is -1.44. The average Bonchev–Trinajstić information content (AvgIpc) is 2.35. The first-order valence-electron chi connectivity index (χ1n) is 6.42. The van der Waals surface area contributed by atoms with Crippen molar-refractivity contribution in [2.45, 2.75) is 24.8 Å². The lowest BCUT2D eigenvalue weighted by atomic mass is 10.1. The fraction of sp³-hybridized carbons (Fsp3) is 0.538. The molecule has 1 aromatic heterocycles. The molecule has 0 aliphatic carbocycles. The number of hydrogen-bond acceptors (Lipinski definition) is 4. The number of nitrogen functional groups attached to an aromatic ring is 1.